The van der Waals surface area contributed by atoms with E-state index in [2.05, 4.69) is 32.9 Å². The minimum absolute atomic E-state index is 0.121. The normalized spacial score (nSPS) is 17.8. The molecule has 0 radical (unpaired) electrons. The molecule has 0 heterocycles. The third-order valence-electron chi connectivity index (χ3n) is 3.64. The first-order valence-corrected chi connectivity index (χ1v) is 6.16. The van der Waals surface area contributed by atoms with Gasteiger partial charge in [0.1, 0.15) is 0 Å². The van der Waals surface area contributed by atoms with Crippen LogP contribution >= 0.6 is 0 Å². The van der Waals surface area contributed by atoms with E-state index in [1.54, 1.807) is 0 Å². The number of carboxylic acids is 1. The SMILES string of the molecule is CC(C)(C)c1cccc(CC2(C(=O)O)CC2)c1. The lowest BCUT2D eigenvalue weighted by Crippen LogP contribution is -2.18. The predicted octanol–water partition coefficient (Wildman–Crippen LogP) is 3.39. The molecule has 1 aromatic rings. The van der Waals surface area contributed by atoms with Crippen LogP contribution in [0.15, 0.2) is 24.3 Å². The van der Waals surface area contributed by atoms with Crippen LogP contribution in [0.5, 0.6) is 0 Å². The maximum absolute atomic E-state index is 11.2. The van der Waals surface area contributed by atoms with E-state index in [1.165, 1.54) is 5.56 Å². The molecule has 1 aromatic carbocycles. The molecule has 0 atom stereocenters. The van der Waals surface area contributed by atoms with Crippen molar-refractivity contribution in [1.82, 2.24) is 0 Å². The molecule has 0 aromatic heterocycles. The summed E-state index contributed by atoms with van der Waals surface area (Å²) in [5.41, 5.74) is 2.08. The fourth-order valence-electron chi connectivity index (χ4n) is 2.16. The number of rotatable bonds is 3. The zero-order valence-corrected chi connectivity index (χ0v) is 10.8. The summed E-state index contributed by atoms with van der Waals surface area (Å²) in [6.07, 6.45) is 2.32. The molecule has 1 aliphatic rings. The number of hydrogen-bond donors (Lipinski definition) is 1. The monoisotopic (exact) mass is 232 g/mol. The molecule has 0 unspecified atom stereocenters. The molecule has 2 rings (SSSR count). The number of benzene rings is 1. The summed E-state index contributed by atoms with van der Waals surface area (Å²) in [5.74, 6) is -0.640. The Morgan fingerprint density at radius 2 is 2.00 bits per heavy atom. The zero-order chi connectivity index (χ0) is 12.7. The summed E-state index contributed by atoms with van der Waals surface area (Å²) in [6, 6.07) is 8.35. The van der Waals surface area contributed by atoms with Gasteiger partial charge < -0.3 is 5.11 Å². The van der Waals surface area contributed by atoms with Crippen molar-refractivity contribution >= 4 is 5.97 Å². The van der Waals surface area contributed by atoms with E-state index in [-0.39, 0.29) is 5.41 Å². The second kappa shape index (κ2) is 3.86. The van der Waals surface area contributed by atoms with E-state index in [1.807, 2.05) is 12.1 Å². The van der Waals surface area contributed by atoms with Crippen molar-refractivity contribution in [1.29, 1.82) is 0 Å². The molecule has 17 heavy (non-hydrogen) atoms. The summed E-state index contributed by atoms with van der Waals surface area (Å²) >= 11 is 0. The fraction of sp³-hybridized carbons (Fsp3) is 0.533. The van der Waals surface area contributed by atoms with E-state index in [9.17, 15) is 9.90 Å². The lowest BCUT2D eigenvalue weighted by atomic mass is 9.85. The van der Waals surface area contributed by atoms with Gasteiger partial charge >= 0.3 is 5.97 Å². The molecule has 0 spiro atoms. The Labute approximate surface area is 103 Å². The van der Waals surface area contributed by atoms with Crippen LogP contribution in [0, 0.1) is 5.41 Å². The largest absolute Gasteiger partial charge is 0.481 e. The van der Waals surface area contributed by atoms with Crippen LogP contribution in [0.1, 0.15) is 44.7 Å². The molecule has 1 saturated carbocycles. The quantitative estimate of drug-likeness (QED) is 0.867. The van der Waals surface area contributed by atoms with Gasteiger partial charge in [-0.3, -0.25) is 4.79 Å². The molecular weight excluding hydrogens is 212 g/mol. The Morgan fingerprint density at radius 3 is 2.47 bits per heavy atom. The molecule has 2 heteroatoms. The second-order valence-electron chi connectivity index (χ2n) is 6.21. The van der Waals surface area contributed by atoms with Crippen LogP contribution < -0.4 is 0 Å². The third-order valence-corrected chi connectivity index (χ3v) is 3.64. The number of carboxylic acid groups (broad SMARTS) is 1. The van der Waals surface area contributed by atoms with Gasteiger partial charge in [-0.2, -0.15) is 0 Å². The molecule has 0 amide bonds. The lowest BCUT2D eigenvalue weighted by Gasteiger charge is -2.20. The Bertz CT molecular complexity index is 436. The van der Waals surface area contributed by atoms with Gasteiger partial charge in [-0.15, -0.1) is 0 Å². The van der Waals surface area contributed by atoms with Crippen LogP contribution in [0.2, 0.25) is 0 Å². The summed E-state index contributed by atoms with van der Waals surface area (Å²) in [5, 5.41) is 9.19. The third kappa shape index (κ3) is 2.51. The van der Waals surface area contributed by atoms with E-state index in [0.29, 0.717) is 6.42 Å². The highest BCUT2D eigenvalue weighted by atomic mass is 16.4. The van der Waals surface area contributed by atoms with Gasteiger partial charge in [0, 0.05) is 0 Å². The summed E-state index contributed by atoms with van der Waals surface area (Å²) in [7, 11) is 0. The summed E-state index contributed by atoms with van der Waals surface area (Å²) in [6.45, 7) is 6.53. The maximum atomic E-state index is 11.2. The highest BCUT2D eigenvalue weighted by molar-refractivity contribution is 5.78. The second-order valence-corrected chi connectivity index (χ2v) is 6.21. The smallest absolute Gasteiger partial charge is 0.309 e. The van der Waals surface area contributed by atoms with Crippen molar-refractivity contribution in [3.05, 3.63) is 35.4 Å². The minimum Gasteiger partial charge on any atom is -0.481 e. The van der Waals surface area contributed by atoms with Crippen LogP contribution in [-0.4, -0.2) is 11.1 Å². The van der Waals surface area contributed by atoms with Crippen molar-refractivity contribution in [2.45, 2.75) is 45.4 Å². The first-order valence-electron chi connectivity index (χ1n) is 6.16. The maximum Gasteiger partial charge on any atom is 0.309 e. The van der Waals surface area contributed by atoms with E-state index in [0.717, 1.165) is 18.4 Å². The van der Waals surface area contributed by atoms with Crippen molar-refractivity contribution < 1.29 is 9.90 Å². The van der Waals surface area contributed by atoms with Gasteiger partial charge in [0.15, 0.2) is 0 Å². The minimum atomic E-state index is -0.640. The van der Waals surface area contributed by atoms with Crippen molar-refractivity contribution in [2.24, 2.45) is 5.41 Å². The van der Waals surface area contributed by atoms with Gasteiger partial charge in [-0.25, -0.2) is 0 Å². The summed E-state index contributed by atoms with van der Waals surface area (Å²) in [4.78, 5) is 11.2. The van der Waals surface area contributed by atoms with Gasteiger partial charge in [-0.05, 0) is 35.8 Å². The average Bonchev–Trinajstić information content (AvgIpc) is 2.98. The van der Waals surface area contributed by atoms with Gasteiger partial charge in [0.2, 0.25) is 0 Å². The van der Waals surface area contributed by atoms with E-state index < -0.39 is 11.4 Å². The van der Waals surface area contributed by atoms with E-state index >= 15 is 0 Å². The first kappa shape index (κ1) is 12.2. The Morgan fingerprint density at radius 1 is 1.35 bits per heavy atom. The molecule has 1 fully saturated rings. The predicted molar refractivity (Wildman–Crippen MR) is 68.1 cm³/mol. The number of aliphatic carboxylic acids is 1. The topological polar surface area (TPSA) is 37.3 Å². The summed E-state index contributed by atoms with van der Waals surface area (Å²) < 4.78 is 0. The van der Waals surface area contributed by atoms with Gasteiger partial charge in [-0.1, -0.05) is 45.0 Å². The molecular formula is C15H20O2. The number of hydrogen-bond acceptors (Lipinski definition) is 1. The Kier molecular flexibility index (Phi) is 2.76. The van der Waals surface area contributed by atoms with Crippen molar-refractivity contribution in [2.75, 3.05) is 0 Å². The average molecular weight is 232 g/mol. The molecule has 0 aliphatic heterocycles. The molecule has 2 nitrogen and oxygen atoms in total. The fourth-order valence-corrected chi connectivity index (χ4v) is 2.16. The Balaban J connectivity index is 2.21. The van der Waals surface area contributed by atoms with Gasteiger partial charge in [0.05, 0.1) is 5.41 Å². The molecule has 0 bridgehead atoms. The van der Waals surface area contributed by atoms with Crippen LogP contribution in [0.3, 0.4) is 0 Å². The Hall–Kier alpha value is -1.31. The van der Waals surface area contributed by atoms with Gasteiger partial charge in [0.25, 0.3) is 0 Å². The highest BCUT2D eigenvalue weighted by Gasteiger charge is 2.49. The number of carbonyl (C=O) groups is 1. The first-order chi connectivity index (χ1) is 7.83. The molecule has 0 saturated heterocycles. The molecule has 1 N–H and O–H groups in total. The highest BCUT2D eigenvalue weighted by Crippen LogP contribution is 2.48. The van der Waals surface area contributed by atoms with Crippen LogP contribution in [0.4, 0.5) is 0 Å². The van der Waals surface area contributed by atoms with Crippen LogP contribution in [0.25, 0.3) is 0 Å². The van der Waals surface area contributed by atoms with E-state index in [4.69, 9.17) is 0 Å². The van der Waals surface area contributed by atoms with Crippen molar-refractivity contribution in [3.63, 3.8) is 0 Å². The van der Waals surface area contributed by atoms with Crippen LogP contribution in [-0.2, 0) is 16.6 Å². The molecule has 92 valence electrons. The zero-order valence-electron chi connectivity index (χ0n) is 10.8. The lowest BCUT2D eigenvalue weighted by molar-refractivity contribution is -0.143. The molecule has 1 aliphatic carbocycles. The standard InChI is InChI=1S/C15H20O2/c1-14(2,3)12-6-4-5-11(9-12)10-15(7-8-15)13(16)17/h4-6,9H,7-8,10H2,1-3H3,(H,16,17). The van der Waals surface area contributed by atoms with Crippen molar-refractivity contribution in [3.8, 4) is 0 Å².